The van der Waals surface area contributed by atoms with Crippen LogP contribution in [0.2, 0.25) is 0 Å². The summed E-state index contributed by atoms with van der Waals surface area (Å²) in [5.41, 5.74) is 6.84. The SMILES string of the molecule is NC(=O)C(Nc1ncnc2c1cnn2CCO)c1ccccc1. The van der Waals surface area contributed by atoms with E-state index in [0.717, 1.165) is 5.56 Å². The van der Waals surface area contributed by atoms with E-state index in [0.29, 0.717) is 23.4 Å². The van der Waals surface area contributed by atoms with Crippen LogP contribution >= 0.6 is 0 Å². The average molecular weight is 312 g/mol. The van der Waals surface area contributed by atoms with Gasteiger partial charge in [-0.1, -0.05) is 30.3 Å². The Balaban J connectivity index is 1.98. The molecule has 4 N–H and O–H groups in total. The molecule has 0 aliphatic carbocycles. The van der Waals surface area contributed by atoms with E-state index in [2.05, 4.69) is 20.4 Å². The van der Waals surface area contributed by atoms with Crippen molar-refractivity contribution in [1.82, 2.24) is 19.7 Å². The van der Waals surface area contributed by atoms with Gasteiger partial charge in [-0.15, -0.1) is 0 Å². The molecule has 3 rings (SSSR count). The van der Waals surface area contributed by atoms with Gasteiger partial charge in [-0.3, -0.25) is 4.79 Å². The first-order valence-electron chi connectivity index (χ1n) is 7.09. The Hall–Kier alpha value is -3.00. The van der Waals surface area contributed by atoms with Gasteiger partial charge in [0.05, 0.1) is 24.7 Å². The van der Waals surface area contributed by atoms with Crippen LogP contribution in [0.5, 0.6) is 0 Å². The fraction of sp³-hybridized carbons (Fsp3) is 0.200. The van der Waals surface area contributed by atoms with Gasteiger partial charge in [0, 0.05) is 0 Å². The highest BCUT2D eigenvalue weighted by molar-refractivity contribution is 5.90. The number of amides is 1. The second-order valence-electron chi connectivity index (χ2n) is 4.94. The minimum absolute atomic E-state index is 0.0442. The molecule has 0 spiro atoms. The molecule has 1 unspecified atom stereocenters. The van der Waals surface area contributed by atoms with Gasteiger partial charge in [-0.2, -0.15) is 5.10 Å². The number of benzene rings is 1. The highest BCUT2D eigenvalue weighted by Crippen LogP contribution is 2.23. The van der Waals surface area contributed by atoms with Crippen molar-refractivity contribution in [3.05, 3.63) is 48.4 Å². The summed E-state index contributed by atoms with van der Waals surface area (Å²) in [7, 11) is 0. The smallest absolute Gasteiger partial charge is 0.244 e. The quantitative estimate of drug-likeness (QED) is 0.608. The molecule has 0 aliphatic heterocycles. The van der Waals surface area contributed by atoms with Crippen LogP contribution in [0.15, 0.2) is 42.9 Å². The maximum Gasteiger partial charge on any atom is 0.244 e. The summed E-state index contributed by atoms with van der Waals surface area (Å²) in [4.78, 5) is 20.2. The van der Waals surface area contributed by atoms with Crippen molar-refractivity contribution in [2.24, 2.45) is 5.73 Å². The van der Waals surface area contributed by atoms with Gasteiger partial charge in [0.15, 0.2) is 5.65 Å². The van der Waals surface area contributed by atoms with Gasteiger partial charge in [0.2, 0.25) is 5.91 Å². The number of rotatable bonds is 6. The highest BCUT2D eigenvalue weighted by atomic mass is 16.3. The fourth-order valence-electron chi connectivity index (χ4n) is 2.37. The molecule has 1 aromatic carbocycles. The molecule has 1 atom stereocenters. The summed E-state index contributed by atoms with van der Waals surface area (Å²) in [5.74, 6) is -0.0439. The number of aliphatic hydroxyl groups is 1. The topological polar surface area (TPSA) is 119 Å². The maximum absolute atomic E-state index is 11.8. The molecule has 0 bridgehead atoms. The Labute approximate surface area is 132 Å². The van der Waals surface area contributed by atoms with Gasteiger partial charge < -0.3 is 16.2 Å². The number of nitrogens with one attached hydrogen (secondary N) is 1. The normalized spacial score (nSPS) is 12.2. The fourth-order valence-corrected chi connectivity index (χ4v) is 2.37. The number of fused-ring (bicyclic) bond motifs is 1. The molecular formula is C15H16N6O2. The Morgan fingerprint density at radius 1 is 1.30 bits per heavy atom. The third-order valence-corrected chi connectivity index (χ3v) is 3.44. The van der Waals surface area contributed by atoms with Crippen molar-refractivity contribution in [3.8, 4) is 0 Å². The minimum Gasteiger partial charge on any atom is -0.394 e. The monoisotopic (exact) mass is 312 g/mol. The van der Waals surface area contributed by atoms with E-state index in [1.807, 2.05) is 30.3 Å². The van der Waals surface area contributed by atoms with Crippen molar-refractivity contribution >= 4 is 22.8 Å². The summed E-state index contributed by atoms with van der Waals surface area (Å²) in [5, 5.41) is 16.9. The predicted octanol–water partition coefficient (Wildman–Crippen LogP) is 0.457. The lowest BCUT2D eigenvalue weighted by Crippen LogP contribution is -2.28. The average Bonchev–Trinajstić information content (AvgIpc) is 2.97. The third-order valence-electron chi connectivity index (χ3n) is 3.44. The Morgan fingerprint density at radius 3 is 2.78 bits per heavy atom. The van der Waals surface area contributed by atoms with Crippen molar-refractivity contribution in [2.75, 3.05) is 11.9 Å². The van der Waals surface area contributed by atoms with Gasteiger partial charge in [0.25, 0.3) is 0 Å². The standard InChI is InChI=1S/C15H16N6O2/c16-13(23)12(10-4-2-1-3-5-10)20-14-11-8-19-21(6-7-22)15(11)18-9-17-14/h1-5,8-9,12,22H,6-7H2,(H2,16,23)(H,17,18,20). The summed E-state index contributed by atoms with van der Waals surface area (Å²) < 4.78 is 1.57. The zero-order valence-corrected chi connectivity index (χ0v) is 12.3. The van der Waals surface area contributed by atoms with E-state index in [-0.39, 0.29) is 6.61 Å². The first-order chi connectivity index (χ1) is 11.2. The molecule has 0 radical (unpaired) electrons. The Bertz CT molecular complexity index is 817. The van der Waals surface area contributed by atoms with Gasteiger partial charge >= 0.3 is 0 Å². The molecular weight excluding hydrogens is 296 g/mol. The largest absolute Gasteiger partial charge is 0.394 e. The summed E-state index contributed by atoms with van der Waals surface area (Å²) in [6, 6.07) is 8.45. The molecule has 3 aromatic rings. The van der Waals surface area contributed by atoms with E-state index in [1.165, 1.54) is 6.33 Å². The lowest BCUT2D eigenvalue weighted by Gasteiger charge is -2.16. The van der Waals surface area contributed by atoms with Crippen molar-refractivity contribution in [1.29, 1.82) is 0 Å². The number of aliphatic hydroxyl groups excluding tert-OH is 1. The molecule has 0 saturated carbocycles. The van der Waals surface area contributed by atoms with Crippen LogP contribution in [0.1, 0.15) is 11.6 Å². The second kappa shape index (κ2) is 6.41. The molecule has 118 valence electrons. The van der Waals surface area contributed by atoms with Crippen LogP contribution in [0.4, 0.5) is 5.82 Å². The van der Waals surface area contributed by atoms with Crippen LogP contribution < -0.4 is 11.1 Å². The number of hydrogen-bond acceptors (Lipinski definition) is 6. The zero-order chi connectivity index (χ0) is 16.2. The number of nitrogens with zero attached hydrogens (tertiary/aromatic N) is 4. The molecule has 8 nitrogen and oxygen atoms in total. The van der Waals surface area contributed by atoms with Crippen molar-refractivity contribution in [2.45, 2.75) is 12.6 Å². The summed E-state index contributed by atoms with van der Waals surface area (Å²) in [6.07, 6.45) is 2.97. The number of anilines is 1. The van der Waals surface area contributed by atoms with E-state index >= 15 is 0 Å². The number of nitrogens with two attached hydrogens (primary N) is 1. The molecule has 23 heavy (non-hydrogen) atoms. The summed E-state index contributed by atoms with van der Waals surface area (Å²) in [6.45, 7) is 0.287. The van der Waals surface area contributed by atoms with Crippen LogP contribution in [0.3, 0.4) is 0 Å². The lowest BCUT2D eigenvalue weighted by molar-refractivity contribution is -0.118. The Morgan fingerprint density at radius 2 is 2.09 bits per heavy atom. The summed E-state index contributed by atoms with van der Waals surface area (Å²) >= 11 is 0. The molecule has 8 heteroatoms. The van der Waals surface area contributed by atoms with Gasteiger partial charge in [-0.25, -0.2) is 14.6 Å². The molecule has 2 aromatic heterocycles. The van der Waals surface area contributed by atoms with Gasteiger partial charge in [0.1, 0.15) is 18.2 Å². The predicted molar refractivity (Wildman–Crippen MR) is 84.4 cm³/mol. The van der Waals surface area contributed by atoms with Crippen LogP contribution in [0, 0.1) is 0 Å². The Kier molecular flexibility index (Phi) is 4.15. The molecule has 2 heterocycles. The third kappa shape index (κ3) is 2.97. The van der Waals surface area contributed by atoms with Gasteiger partial charge in [-0.05, 0) is 5.56 Å². The number of primary amides is 1. The van der Waals surface area contributed by atoms with Crippen molar-refractivity contribution in [3.63, 3.8) is 0 Å². The second-order valence-corrected chi connectivity index (χ2v) is 4.94. The lowest BCUT2D eigenvalue weighted by atomic mass is 10.1. The number of hydrogen-bond donors (Lipinski definition) is 3. The molecule has 1 amide bonds. The number of carbonyl (C=O) groups is 1. The van der Waals surface area contributed by atoms with Crippen LogP contribution in [0.25, 0.3) is 11.0 Å². The van der Waals surface area contributed by atoms with Crippen LogP contribution in [-0.4, -0.2) is 37.4 Å². The highest BCUT2D eigenvalue weighted by Gasteiger charge is 2.20. The molecule has 0 aliphatic rings. The first-order valence-corrected chi connectivity index (χ1v) is 7.09. The number of carbonyl (C=O) groups excluding carboxylic acids is 1. The number of aromatic nitrogens is 4. The molecule has 0 fully saturated rings. The van der Waals surface area contributed by atoms with Crippen molar-refractivity contribution < 1.29 is 9.90 Å². The van der Waals surface area contributed by atoms with E-state index in [9.17, 15) is 4.79 Å². The van der Waals surface area contributed by atoms with E-state index in [1.54, 1.807) is 10.9 Å². The van der Waals surface area contributed by atoms with E-state index < -0.39 is 11.9 Å². The van der Waals surface area contributed by atoms with Crippen LogP contribution in [-0.2, 0) is 11.3 Å². The minimum atomic E-state index is -0.713. The zero-order valence-electron chi connectivity index (χ0n) is 12.3. The maximum atomic E-state index is 11.8. The molecule has 0 saturated heterocycles. The first kappa shape index (κ1) is 14.9. The van der Waals surface area contributed by atoms with E-state index in [4.69, 9.17) is 10.8 Å².